The van der Waals surface area contributed by atoms with Crippen LogP contribution < -0.4 is 0 Å². The first kappa shape index (κ1) is 34.5. The zero-order valence-corrected chi connectivity index (χ0v) is 22.5. The van der Waals surface area contributed by atoms with Gasteiger partial charge in [-0.25, -0.2) is 33.6 Å². The molecule has 0 radical (unpaired) electrons. The molecule has 3 aromatic carbocycles. The molecule has 3 aromatic rings. The molecule has 5 N–H and O–H groups in total. The Bertz CT molecular complexity index is 1640. The van der Waals surface area contributed by atoms with Gasteiger partial charge in [0, 0.05) is 0 Å². The van der Waals surface area contributed by atoms with Crippen molar-refractivity contribution in [1.82, 2.24) is 0 Å². The number of esters is 4. The van der Waals surface area contributed by atoms with Gasteiger partial charge in [0.25, 0.3) is 0 Å². The zero-order chi connectivity index (χ0) is 33.8. The number of hydrogen-bond acceptors (Lipinski definition) is 11. The molecule has 0 aliphatic heterocycles. The van der Waals surface area contributed by atoms with Crippen LogP contribution in [0.1, 0.15) is 85.3 Å². The molecule has 0 fully saturated rings. The van der Waals surface area contributed by atoms with Gasteiger partial charge in [0.15, 0.2) is 0 Å². The summed E-state index contributed by atoms with van der Waals surface area (Å²) in [5.74, 6) is -11.7. The van der Waals surface area contributed by atoms with Crippen LogP contribution in [0.4, 0.5) is 0 Å². The van der Waals surface area contributed by atoms with Gasteiger partial charge in [0.05, 0.1) is 51.8 Å². The number of rotatable bonds is 10. The number of aromatic carboxylic acids is 5. The number of benzene rings is 3. The van der Waals surface area contributed by atoms with Gasteiger partial charge in [0.1, 0.15) is 0 Å². The Morgan fingerprint density at radius 1 is 0.422 bits per heavy atom. The standard InChI is InChI=1S/C20H14O10.C9H6O6/c21-15(29-19(27)13-7-3-1-5-11(13)17(23)24)9-10-16(22)30-20(28)14-8-4-2-6-12(14)18(25)26;10-7(11)4-1-2-5(8(12)13)6(3-4)9(14)15/h1-8H,9-10H2,(H,23,24)(H,25,26);1-3H,(H,10,11)(H,12,13)(H,14,15). The molecule has 0 atom stereocenters. The van der Waals surface area contributed by atoms with Crippen molar-refractivity contribution < 1.29 is 78.2 Å². The Kier molecular flexibility index (Phi) is 11.9. The first-order valence-electron chi connectivity index (χ1n) is 12.1. The van der Waals surface area contributed by atoms with E-state index in [0.29, 0.717) is 0 Å². The summed E-state index contributed by atoms with van der Waals surface area (Å²) in [5.41, 5.74) is -2.66. The maximum atomic E-state index is 12.0. The predicted molar refractivity (Wildman–Crippen MR) is 144 cm³/mol. The molecule has 0 aromatic heterocycles. The number of hydrogen-bond donors (Lipinski definition) is 5. The molecule has 0 saturated carbocycles. The zero-order valence-electron chi connectivity index (χ0n) is 22.5. The van der Waals surface area contributed by atoms with Crippen molar-refractivity contribution in [3.63, 3.8) is 0 Å². The summed E-state index contributed by atoms with van der Waals surface area (Å²) in [4.78, 5) is 101. The van der Waals surface area contributed by atoms with Gasteiger partial charge < -0.3 is 35.0 Å². The highest BCUT2D eigenvalue weighted by Crippen LogP contribution is 2.14. The minimum atomic E-state index is -1.48. The lowest BCUT2D eigenvalue weighted by atomic mass is 10.0. The molecular formula is C29H20O16. The monoisotopic (exact) mass is 624 g/mol. The van der Waals surface area contributed by atoms with E-state index >= 15 is 0 Å². The number of carbonyl (C=O) groups is 9. The number of ether oxygens (including phenoxy) is 2. The Labute approximate surface area is 250 Å². The van der Waals surface area contributed by atoms with Crippen LogP contribution in [-0.2, 0) is 19.1 Å². The molecule has 0 saturated heterocycles. The highest BCUT2D eigenvalue weighted by Gasteiger charge is 2.23. The highest BCUT2D eigenvalue weighted by molar-refractivity contribution is 6.07. The molecule has 3 rings (SSSR count). The third kappa shape index (κ3) is 9.67. The van der Waals surface area contributed by atoms with Crippen molar-refractivity contribution in [2.45, 2.75) is 12.8 Å². The van der Waals surface area contributed by atoms with Crippen LogP contribution in [-0.4, -0.2) is 79.3 Å². The number of carbonyl (C=O) groups excluding carboxylic acids is 4. The van der Waals surface area contributed by atoms with Crippen LogP contribution >= 0.6 is 0 Å². The molecule has 0 aliphatic rings. The smallest absolute Gasteiger partial charge is 0.346 e. The van der Waals surface area contributed by atoms with Crippen LogP contribution in [0.3, 0.4) is 0 Å². The average Bonchev–Trinajstić information content (AvgIpc) is 2.99. The summed E-state index contributed by atoms with van der Waals surface area (Å²) in [5, 5.41) is 43.9. The fourth-order valence-corrected chi connectivity index (χ4v) is 3.36. The Hall–Kier alpha value is -6.71. The van der Waals surface area contributed by atoms with Gasteiger partial charge >= 0.3 is 53.7 Å². The molecule has 0 heterocycles. The molecular weight excluding hydrogens is 604 g/mol. The average molecular weight is 624 g/mol. The third-order valence-corrected chi connectivity index (χ3v) is 5.43. The van der Waals surface area contributed by atoms with Crippen molar-refractivity contribution >= 4 is 53.7 Å². The van der Waals surface area contributed by atoms with Crippen LogP contribution in [0, 0.1) is 0 Å². The van der Waals surface area contributed by atoms with Crippen molar-refractivity contribution in [2.24, 2.45) is 0 Å². The van der Waals surface area contributed by atoms with Crippen LogP contribution in [0.15, 0.2) is 66.7 Å². The topological polar surface area (TPSA) is 273 Å². The van der Waals surface area contributed by atoms with E-state index in [1.54, 1.807) is 0 Å². The SMILES string of the molecule is O=C(CCC(=O)OC(=O)c1ccccc1C(=O)O)OC(=O)c1ccccc1C(=O)O.O=C(O)c1ccc(C(=O)O)c(C(=O)O)c1. The van der Waals surface area contributed by atoms with E-state index in [-0.39, 0.29) is 27.8 Å². The van der Waals surface area contributed by atoms with Crippen molar-refractivity contribution in [2.75, 3.05) is 0 Å². The summed E-state index contributed by atoms with van der Waals surface area (Å²) >= 11 is 0. The normalized spacial score (nSPS) is 9.87. The van der Waals surface area contributed by atoms with E-state index in [0.717, 1.165) is 42.5 Å². The maximum absolute atomic E-state index is 12.0. The first-order valence-corrected chi connectivity index (χ1v) is 12.1. The van der Waals surface area contributed by atoms with Crippen molar-refractivity contribution in [1.29, 1.82) is 0 Å². The molecule has 232 valence electrons. The van der Waals surface area contributed by atoms with E-state index in [4.69, 9.17) is 25.5 Å². The molecule has 16 nitrogen and oxygen atoms in total. The minimum Gasteiger partial charge on any atom is -0.478 e. The molecule has 0 aliphatic carbocycles. The van der Waals surface area contributed by atoms with Crippen LogP contribution in [0.5, 0.6) is 0 Å². The van der Waals surface area contributed by atoms with E-state index in [1.165, 1.54) is 24.3 Å². The van der Waals surface area contributed by atoms with Crippen LogP contribution in [0.2, 0.25) is 0 Å². The molecule has 45 heavy (non-hydrogen) atoms. The number of carboxylic acid groups (broad SMARTS) is 5. The fourth-order valence-electron chi connectivity index (χ4n) is 3.36. The van der Waals surface area contributed by atoms with E-state index in [9.17, 15) is 43.2 Å². The van der Waals surface area contributed by atoms with Gasteiger partial charge in [-0.2, -0.15) is 0 Å². The van der Waals surface area contributed by atoms with Gasteiger partial charge in [-0.3, -0.25) is 9.59 Å². The summed E-state index contributed by atoms with van der Waals surface area (Å²) in [7, 11) is 0. The van der Waals surface area contributed by atoms with Gasteiger partial charge in [-0.05, 0) is 42.5 Å². The molecule has 0 bridgehead atoms. The Morgan fingerprint density at radius 3 is 1.09 bits per heavy atom. The molecule has 0 spiro atoms. The van der Waals surface area contributed by atoms with E-state index in [2.05, 4.69) is 9.47 Å². The minimum absolute atomic E-state index is 0.266. The van der Waals surface area contributed by atoms with Crippen molar-refractivity contribution in [3.05, 3.63) is 106 Å². The van der Waals surface area contributed by atoms with E-state index in [1.807, 2.05) is 0 Å². The fraction of sp³-hybridized carbons (Fsp3) is 0.0690. The Morgan fingerprint density at radius 2 is 0.756 bits per heavy atom. The second kappa shape index (κ2) is 15.5. The largest absolute Gasteiger partial charge is 0.478 e. The summed E-state index contributed by atoms with van der Waals surface area (Å²) in [6.07, 6.45) is -1.26. The maximum Gasteiger partial charge on any atom is 0.346 e. The molecule has 0 amide bonds. The summed E-state index contributed by atoms with van der Waals surface area (Å²) < 4.78 is 9.01. The first-order chi connectivity index (χ1) is 21.1. The van der Waals surface area contributed by atoms with Gasteiger partial charge in [-0.15, -0.1) is 0 Å². The number of carboxylic acids is 5. The lowest BCUT2D eigenvalue weighted by molar-refractivity contribution is -0.144. The molecule has 16 heteroatoms. The summed E-state index contributed by atoms with van der Waals surface area (Å²) in [6.45, 7) is 0. The second-order valence-corrected chi connectivity index (χ2v) is 8.40. The van der Waals surface area contributed by atoms with Gasteiger partial charge in [-0.1, -0.05) is 24.3 Å². The van der Waals surface area contributed by atoms with Gasteiger partial charge in [0.2, 0.25) is 0 Å². The lowest BCUT2D eigenvalue weighted by Crippen LogP contribution is -2.19. The molecule has 0 unspecified atom stereocenters. The summed E-state index contributed by atoms with van der Waals surface area (Å²) in [6, 6.07) is 13.0. The van der Waals surface area contributed by atoms with Crippen LogP contribution in [0.25, 0.3) is 0 Å². The Balaban J connectivity index is 0.000000394. The third-order valence-electron chi connectivity index (χ3n) is 5.43. The lowest BCUT2D eigenvalue weighted by Gasteiger charge is -2.07. The second-order valence-electron chi connectivity index (χ2n) is 8.40. The van der Waals surface area contributed by atoms with E-state index < -0.39 is 77.7 Å². The van der Waals surface area contributed by atoms with Crippen molar-refractivity contribution in [3.8, 4) is 0 Å². The quantitative estimate of drug-likeness (QED) is 0.160. The predicted octanol–water partition coefficient (Wildman–Crippen LogP) is 2.71. The highest BCUT2D eigenvalue weighted by atomic mass is 16.6.